The van der Waals surface area contributed by atoms with Gasteiger partial charge in [-0.1, -0.05) is 65.9 Å². The van der Waals surface area contributed by atoms with Crippen LogP contribution in [0.2, 0.25) is 0 Å². The Morgan fingerprint density at radius 3 is 2.05 bits per heavy atom. The van der Waals surface area contributed by atoms with Crippen molar-refractivity contribution in [1.82, 2.24) is 0 Å². The third-order valence-corrected chi connectivity index (χ3v) is 6.77. The predicted molar refractivity (Wildman–Crippen MR) is 97.7 cm³/mol. The summed E-state index contributed by atoms with van der Waals surface area (Å²) in [5.41, 5.74) is 5.12. The first-order chi connectivity index (χ1) is 9.99. The minimum atomic E-state index is -0.166. The van der Waals surface area contributed by atoms with E-state index in [2.05, 4.69) is 88.5 Å². The number of para-hydroxylation sites is 1. The maximum Gasteiger partial charge on any atom is 0.0465 e. The van der Waals surface area contributed by atoms with E-state index in [9.17, 15) is 0 Å². The van der Waals surface area contributed by atoms with E-state index in [1.54, 1.807) is 0 Å². The molecular formula is C19H26NP. The summed E-state index contributed by atoms with van der Waals surface area (Å²) in [6.07, 6.45) is 0. The summed E-state index contributed by atoms with van der Waals surface area (Å²) in [5.74, 6) is 0. The second-order valence-corrected chi connectivity index (χ2v) is 9.47. The summed E-state index contributed by atoms with van der Waals surface area (Å²) in [4.78, 5) is 0. The number of rotatable bonds is 5. The molecule has 0 bridgehead atoms. The van der Waals surface area contributed by atoms with E-state index < -0.39 is 0 Å². The number of nitrogens with one attached hydrogen (secondary N) is 1. The van der Waals surface area contributed by atoms with Crippen molar-refractivity contribution < 1.29 is 0 Å². The minimum Gasteiger partial charge on any atom is -0.355 e. The van der Waals surface area contributed by atoms with E-state index in [0.29, 0.717) is 11.3 Å². The third-order valence-electron chi connectivity index (χ3n) is 3.60. The Bertz CT molecular complexity index is 567. The molecule has 0 unspecified atom stereocenters. The molecule has 1 N–H and O–H groups in total. The van der Waals surface area contributed by atoms with Crippen LogP contribution >= 0.6 is 7.92 Å². The zero-order valence-electron chi connectivity index (χ0n) is 13.7. The van der Waals surface area contributed by atoms with Crippen molar-refractivity contribution in [3.63, 3.8) is 0 Å². The maximum absolute atomic E-state index is 3.62. The fourth-order valence-electron chi connectivity index (χ4n) is 2.80. The lowest BCUT2D eigenvalue weighted by Gasteiger charge is -2.29. The van der Waals surface area contributed by atoms with Gasteiger partial charge in [-0.05, 0) is 47.3 Å². The fourth-order valence-corrected chi connectivity index (χ4v) is 5.76. The second kappa shape index (κ2) is 7.09. The largest absolute Gasteiger partial charge is 0.355 e. The van der Waals surface area contributed by atoms with Crippen LogP contribution in [0.1, 0.15) is 33.3 Å². The SMILES string of the molecule is Cc1ccc(P(C(C)C)C(C)C)c(Nc2ccccc2)c1. The molecule has 1 nitrogen and oxygen atoms in total. The highest BCUT2D eigenvalue weighted by molar-refractivity contribution is 7.67. The third kappa shape index (κ3) is 4.08. The normalized spacial score (nSPS) is 11.4. The first-order valence-corrected chi connectivity index (χ1v) is 9.18. The van der Waals surface area contributed by atoms with Gasteiger partial charge in [0.2, 0.25) is 0 Å². The van der Waals surface area contributed by atoms with Crippen LogP contribution in [0.15, 0.2) is 48.5 Å². The molecule has 2 rings (SSSR count). The predicted octanol–water partition coefficient (Wildman–Crippen LogP) is 5.66. The van der Waals surface area contributed by atoms with E-state index >= 15 is 0 Å². The van der Waals surface area contributed by atoms with Gasteiger partial charge in [-0.15, -0.1) is 0 Å². The second-order valence-electron chi connectivity index (χ2n) is 6.11. The molecule has 0 fully saturated rings. The van der Waals surface area contributed by atoms with Gasteiger partial charge in [0.1, 0.15) is 0 Å². The van der Waals surface area contributed by atoms with Gasteiger partial charge in [0.25, 0.3) is 0 Å². The van der Waals surface area contributed by atoms with E-state index in [-0.39, 0.29) is 7.92 Å². The molecule has 0 saturated carbocycles. The average molecular weight is 299 g/mol. The molecule has 0 spiro atoms. The van der Waals surface area contributed by atoms with Crippen LogP contribution < -0.4 is 10.6 Å². The van der Waals surface area contributed by atoms with Gasteiger partial charge in [-0.3, -0.25) is 0 Å². The molecule has 0 heterocycles. The van der Waals surface area contributed by atoms with Gasteiger partial charge in [0.15, 0.2) is 0 Å². The molecule has 0 atom stereocenters. The van der Waals surface area contributed by atoms with Crippen LogP contribution in [-0.4, -0.2) is 11.3 Å². The van der Waals surface area contributed by atoms with Gasteiger partial charge in [-0.25, -0.2) is 0 Å². The van der Waals surface area contributed by atoms with Gasteiger partial charge >= 0.3 is 0 Å². The lowest BCUT2D eigenvalue weighted by molar-refractivity contribution is 1.02. The lowest BCUT2D eigenvalue weighted by Crippen LogP contribution is -2.18. The summed E-state index contributed by atoms with van der Waals surface area (Å²) in [5, 5.41) is 5.11. The molecule has 0 aliphatic rings. The van der Waals surface area contributed by atoms with Gasteiger partial charge in [-0.2, -0.15) is 0 Å². The van der Waals surface area contributed by atoms with E-state index in [0.717, 1.165) is 5.69 Å². The van der Waals surface area contributed by atoms with Crippen molar-refractivity contribution in [2.75, 3.05) is 5.32 Å². The lowest BCUT2D eigenvalue weighted by atomic mass is 10.2. The van der Waals surface area contributed by atoms with Gasteiger partial charge in [0, 0.05) is 11.4 Å². The van der Waals surface area contributed by atoms with Crippen LogP contribution in [0.4, 0.5) is 11.4 Å². The molecule has 112 valence electrons. The summed E-state index contributed by atoms with van der Waals surface area (Å²) >= 11 is 0. The Morgan fingerprint density at radius 2 is 1.48 bits per heavy atom. The van der Waals surface area contributed by atoms with Crippen molar-refractivity contribution in [1.29, 1.82) is 0 Å². The molecule has 0 saturated heterocycles. The Labute approximate surface area is 130 Å². The van der Waals surface area contributed by atoms with Crippen LogP contribution in [0.25, 0.3) is 0 Å². The van der Waals surface area contributed by atoms with Crippen LogP contribution in [0, 0.1) is 6.92 Å². The highest BCUT2D eigenvalue weighted by Crippen LogP contribution is 2.47. The molecular weight excluding hydrogens is 273 g/mol. The van der Waals surface area contributed by atoms with Crippen molar-refractivity contribution >= 4 is 24.6 Å². The van der Waals surface area contributed by atoms with Gasteiger partial charge < -0.3 is 5.32 Å². The monoisotopic (exact) mass is 299 g/mol. The van der Waals surface area contributed by atoms with Crippen LogP contribution in [-0.2, 0) is 0 Å². The highest BCUT2D eigenvalue weighted by Gasteiger charge is 2.21. The van der Waals surface area contributed by atoms with Crippen molar-refractivity contribution in [2.45, 2.75) is 45.9 Å². The first kappa shape index (κ1) is 16.0. The average Bonchev–Trinajstić information content (AvgIpc) is 2.42. The van der Waals surface area contributed by atoms with Crippen LogP contribution in [0.3, 0.4) is 0 Å². The zero-order valence-corrected chi connectivity index (χ0v) is 14.6. The molecule has 0 amide bonds. The summed E-state index contributed by atoms with van der Waals surface area (Å²) < 4.78 is 0. The highest BCUT2D eigenvalue weighted by atomic mass is 31.1. The molecule has 2 aromatic carbocycles. The van der Waals surface area contributed by atoms with Crippen molar-refractivity contribution in [2.24, 2.45) is 0 Å². The Kier molecular flexibility index (Phi) is 5.42. The summed E-state index contributed by atoms with van der Waals surface area (Å²) in [7, 11) is -0.166. The zero-order chi connectivity index (χ0) is 15.4. The summed E-state index contributed by atoms with van der Waals surface area (Å²) in [6.45, 7) is 11.5. The maximum atomic E-state index is 3.62. The molecule has 2 aromatic rings. The Balaban J connectivity index is 2.42. The van der Waals surface area contributed by atoms with Gasteiger partial charge in [0.05, 0.1) is 0 Å². The topological polar surface area (TPSA) is 12.0 Å². The molecule has 0 aliphatic carbocycles. The van der Waals surface area contributed by atoms with E-state index in [4.69, 9.17) is 0 Å². The van der Waals surface area contributed by atoms with Crippen molar-refractivity contribution in [3.8, 4) is 0 Å². The number of benzene rings is 2. The molecule has 0 aliphatic heterocycles. The minimum absolute atomic E-state index is 0.166. The molecule has 0 aromatic heterocycles. The quantitative estimate of drug-likeness (QED) is 0.702. The number of aryl methyl sites for hydroxylation is 1. The smallest absolute Gasteiger partial charge is 0.0465 e. The van der Waals surface area contributed by atoms with Crippen LogP contribution in [0.5, 0.6) is 0 Å². The Morgan fingerprint density at radius 1 is 0.857 bits per heavy atom. The van der Waals surface area contributed by atoms with E-state index in [1.807, 2.05) is 0 Å². The number of hydrogen-bond donors (Lipinski definition) is 1. The van der Waals surface area contributed by atoms with E-state index in [1.165, 1.54) is 16.6 Å². The molecule has 0 radical (unpaired) electrons. The molecule has 21 heavy (non-hydrogen) atoms. The standard InChI is InChI=1S/C19H26NP/c1-14(2)21(15(3)4)19-12-11-16(5)13-18(19)20-17-9-7-6-8-10-17/h6-15,20H,1-5H3. The number of anilines is 2. The summed E-state index contributed by atoms with van der Waals surface area (Å²) in [6, 6.07) is 17.3. The number of hydrogen-bond acceptors (Lipinski definition) is 1. The fraction of sp³-hybridized carbons (Fsp3) is 0.368. The van der Waals surface area contributed by atoms with Crippen molar-refractivity contribution in [3.05, 3.63) is 54.1 Å². The first-order valence-electron chi connectivity index (χ1n) is 7.70. The molecule has 2 heteroatoms. The Hall–Kier alpha value is -1.33.